The minimum Gasteiger partial charge on any atom is -0.465 e. The van der Waals surface area contributed by atoms with Crippen LogP contribution in [-0.4, -0.2) is 37.6 Å². The van der Waals surface area contributed by atoms with Gasteiger partial charge in [-0.2, -0.15) is 13.2 Å². The standard InChI is InChI=1S/C16H20BF3O4/c1-14(2)15(3,4)24-17(23-14)12(16(18,19)20)10-6-8-11(9-7-10)13(21)22-5/h6-9,12H,1-5H3. The molecule has 1 aliphatic heterocycles. The maximum Gasteiger partial charge on any atom is 0.475 e. The van der Waals surface area contributed by atoms with Crippen molar-refractivity contribution in [3.63, 3.8) is 0 Å². The molecule has 8 heteroatoms. The van der Waals surface area contributed by atoms with Crippen molar-refractivity contribution in [3.8, 4) is 0 Å². The summed E-state index contributed by atoms with van der Waals surface area (Å²) >= 11 is 0. The molecule has 1 aliphatic rings. The third-order valence-electron chi connectivity index (χ3n) is 4.59. The molecule has 1 aromatic rings. The number of halogens is 3. The predicted molar refractivity (Wildman–Crippen MR) is 82.7 cm³/mol. The number of hydrogen-bond donors (Lipinski definition) is 0. The van der Waals surface area contributed by atoms with Crippen molar-refractivity contribution in [1.82, 2.24) is 0 Å². The molecule has 24 heavy (non-hydrogen) atoms. The summed E-state index contributed by atoms with van der Waals surface area (Å²) in [6.07, 6.45) is -4.56. The zero-order valence-electron chi connectivity index (χ0n) is 14.2. The molecule has 2 rings (SSSR count). The van der Waals surface area contributed by atoms with E-state index in [0.29, 0.717) is 0 Å². The van der Waals surface area contributed by atoms with Crippen LogP contribution in [0.5, 0.6) is 0 Å². The molecule has 1 saturated heterocycles. The predicted octanol–water partition coefficient (Wildman–Crippen LogP) is 3.75. The SMILES string of the molecule is COC(=O)c1ccc(C(B2OC(C)(C)C(C)(C)O2)C(F)(F)F)cc1. The summed E-state index contributed by atoms with van der Waals surface area (Å²) in [7, 11) is -0.252. The lowest BCUT2D eigenvalue weighted by Gasteiger charge is -2.32. The molecule has 0 aliphatic carbocycles. The Bertz CT molecular complexity index is 595. The second-order valence-corrected chi connectivity index (χ2v) is 6.76. The van der Waals surface area contributed by atoms with Gasteiger partial charge in [-0.05, 0) is 45.4 Å². The Morgan fingerprint density at radius 2 is 1.54 bits per heavy atom. The molecule has 0 amide bonds. The lowest BCUT2D eigenvalue weighted by molar-refractivity contribution is -0.138. The molecule has 0 bridgehead atoms. The first-order valence-electron chi connectivity index (χ1n) is 7.50. The number of carbonyl (C=O) groups is 1. The molecule has 0 saturated carbocycles. The molecule has 132 valence electrons. The minimum atomic E-state index is -4.56. The molecule has 1 atom stereocenters. The number of carbonyl (C=O) groups excluding carboxylic acids is 1. The van der Waals surface area contributed by atoms with Crippen molar-refractivity contribution in [1.29, 1.82) is 0 Å². The van der Waals surface area contributed by atoms with Crippen LogP contribution in [0.2, 0.25) is 0 Å². The van der Waals surface area contributed by atoms with Crippen LogP contribution in [0.1, 0.15) is 49.4 Å². The summed E-state index contributed by atoms with van der Waals surface area (Å²) in [6.45, 7) is 6.78. The summed E-state index contributed by atoms with van der Waals surface area (Å²) in [5.74, 6) is -2.56. The molecular formula is C16H20BF3O4. The summed E-state index contributed by atoms with van der Waals surface area (Å²) < 4.78 is 56.6. The third kappa shape index (κ3) is 3.44. The Labute approximate surface area is 139 Å². The molecule has 0 aromatic heterocycles. The second kappa shape index (κ2) is 6.08. The van der Waals surface area contributed by atoms with Gasteiger partial charge in [0.1, 0.15) is 5.82 Å². The van der Waals surface area contributed by atoms with Gasteiger partial charge in [0.2, 0.25) is 0 Å². The van der Waals surface area contributed by atoms with Gasteiger partial charge in [0.05, 0.1) is 23.9 Å². The maximum atomic E-state index is 13.6. The molecule has 1 aromatic carbocycles. The number of hydrogen-bond acceptors (Lipinski definition) is 4. The van der Waals surface area contributed by atoms with Crippen molar-refractivity contribution >= 4 is 13.1 Å². The Hall–Kier alpha value is -1.54. The first-order chi connectivity index (χ1) is 10.9. The number of methoxy groups -OCH3 is 1. The van der Waals surface area contributed by atoms with Gasteiger partial charge in [-0.3, -0.25) is 0 Å². The monoisotopic (exact) mass is 344 g/mol. The topological polar surface area (TPSA) is 44.8 Å². The number of benzene rings is 1. The normalized spacial score (nSPS) is 20.8. The van der Waals surface area contributed by atoms with E-state index in [-0.39, 0.29) is 11.1 Å². The van der Waals surface area contributed by atoms with Gasteiger partial charge in [0.15, 0.2) is 0 Å². The lowest BCUT2D eigenvalue weighted by atomic mass is 9.67. The van der Waals surface area contributed by atoms with E-state index >= 15 is 0 Å². The van der Waals surface area contributed by atoms with Crippen molar-refractivity contribution in [2.24, 2.45) is 0 Å². The van der Waals surface area contributed by atoms with Crippen molar-refractivity contribution < 1.29 is 32.0 Å². The van der Waals surface area contributed by atoms with Crippen molar-refractivity contribution in [2.75, 3.05) is 7.11 Å². The van der Waals surface area contributed by atoms with Crippen LogP contribution in [0.15, 0.2) is 24.3 Å². The quantitative estimate of drug-likeness (QED) is 0.619. The second-order valence-electron chi connectivity index (χ2n) is 6.76. The van der Waals surface area contributed by atoms with Gasteiger partial charge in [-0.15, -0.1) is 0 Å². The van der Waals surface area contributed by atoms with Gasteiger partial charge in [-0.25, -0.2) is 4.79 Å². The highest BCUT2D eigenvalue weighted by atomic mass is 19.4. The Morgan fingerprint density at radius 3 is 1.92 bits per heavy atom. The molecule has 1 fully saturated rings. The largest absolute Gasteiger partial charge is 0.475 e. The average molecular weight is 344 g/mol. The Kier molecular flexibility index (Phi) is 4.76. The minimum absolute atomic E-state index is 0.0337. The molecular weight excluding hydrogens is 324 g/mol. The van der Waals surface area contributed by atoms with Crippen LogP contribution in [0.25, 0.3) is 0 Å². The van der Waals surface area contributed by atoms with Crippen LogP contribution in [0, 0.1) is 0 Å². The van der Waals surface area contributed by atoms with Crippen LogP contribution in [0.4, 0.5) is 13.2 Å². The van der Waals surface area contributed by atoms with E-state index in [0.717, 1.165) is 0 Å². The van der Waals surface area contributed by atoms with Gasteiger partial charge in [-0.1, -0.05) is 12.1 Å². The smallest absolute Gasteiger partial charge is 0.465 e. The highest BCUT2D eigenvalue weighted by molar-refractivity contribution is 6.48. The Morgan fingerprint density at radius 1 is 1.08 bits per heavy atom. The van der Waals surface area contributed by atoms with E-state index in [9.17, 15) is 18.0 Å². The van der Waals surface area contributed by atoms with E-state index < -0.39 is 36.3 Å². The third-order valence-corrected chi connectivity index (χ3v) is 4.59. The van der Waals surface area contributed by atoms with Gasteiger partial charge < -0.3 is 14.0 Å². The fraction of sp³-hybridized carbons (Fsp3) is 0.562. The van der Waals surface area contributed by atoms with Crippen LogP contribution >= 0.6 is 0 Å². The lowest BCUT2D eigenvalue weighted by Crippen LogP contribution is -2.41. The zero-order chi connectivity index (χ0) is 18.3. The molecule has 1 unspecified atom stereocenters. The number of esters is 1. The number of rotatable bonds is 3. The van der Waals surface area contributed by atoms with E-state index in [1.807, 2.05) is 0 Å². The van der Waals surface area contributed by atoms with Crippen molar-refractivity contribution in [3.05, 3.63) is 35.4 Å². The summed E-state index contributed by atoms with van der Waals surface area (Å²) in [5.41, 5.74) is -1.59. The van der Waals surface area contributed by atoms with Crippen LogP contribution in [-0.2, 0) is 14.0 Å². The molecule has 0 radical (unpaired) electrons. The summed E-state index contributed by atoms with van der Waals surface area (Å²) in [4.78, 5) is 11.4. The highest BCUT2D eigenvalue weighted by Gasteiger charge is 2.60. The van der Waals surface area contributed by atoms with Gasteiger partial charge in [0.25, 0.3) is 0 Å². The van der Waals surface area contributed by atoms with Gasteiger partial charge in [0, 0.05) is 0 Å². The average Bonchev–Trinajstić information content (AvgIpc) is 2.65. The van der Waals surface area contributed by atoms with Gasteiger partial charge >= 0.3 is 19.3 Å². The molecule has 4 nitrogen and oxygen atoms in total. The van der Waals surface area contributed by atoms with E-state index in [1.54, 1.807) is 27.7 Å². The summed E-state index contributed by atoms with van der Waals surface area (Å²) in [6, 6.07) is 5.08. The van der Waals surface area contributed by atoms with E-state index in [4.69, 9.17) is 9.31 Å². The van der Waals surface area contributed by atoms with Crippen molar-refractivity contribution in [2.45, 2.75) is 50.9 Å². The number of ether oxygens (including phenoxy) is 1. The fourth-order valence-corrected chi connectivity index (χ4v) is 2.47. The first-order valence-corrected chi connectivity index (χ1v) is 7.50. The number of alkyl halides is 3. The zero-order valence-corrected chi connectivity index (χ0v) is 14.2. The molecule has 0 N–H and O–H groups in total. The fourth-order valence-electron chi connectivity index (χ4n) is 2.47. The molecule has 1 heterocycles. The van der Waals surface area contributed by atoms with E-state index in [2.05, 4.69) is 4.74 Å². The highest BCUT2D eigenvalue weighted by Crippen LogP contribution is 2.46. The van der Waals surface area contributed by atoms with E-state index in [1.165, 1.54) is 31.4 Å². The molecule has 0 spiro atoms. The summed E-state index contributed by atoms with van der Waals surface area (Å²) in [5, 5.41) is 0. The Balaban J connectivity index is 2.36. The maximum absolute atomic E-state index is 13.6. The first kappa shape index (κ1) is 18.8. The van der Waals surface area contributed by atoms with Crippen LogP contribution in [0.3, 0.4) is 0 Å². The van der Waals surface area contributed by atoms with Crippen LogP contribution < -0.4 is 0 Å².